The minimum Gasteiger partial charge on any atom is -0.480 e. The molecule has 1 aromatic carbocycles. The van der Waals surface area contributed by atoms with Crippen LogP contribution in [0, 0.1) is 11.6 Å². The van der Waals surface area contributed by atoms with Crippen molar-refractivity contribution < 1.29 is 28.6 Å². The van der Waals surface area contributed by atoms with Gasteiger partial charge in [-0.05, 0) is 12.1 Å². The summed E-state index contributed by atoms with van der Waals surface area (Å²) in [5, 5.41) is 20.6. The zero-order valence-corrected chi connectivity index (χ0v) is 10.2. The summed E-state index contributed by atoms with van der Waals surface area (Å²) in [6.07, 6.45) is -0.993. The van der Waals surface area contributed by atoms with Crippen molar-refractivity contribution in [2.45, 2.75) is 18.6 Å². The number of urea groups is 1. The van der Waals surface area contributed by atoms with Crippen molar-refractivity contribution in [2.75, 3.05) is 11.9 Å². The van der Waals surface area contributed by atoms with Crippen LogP contribution < -0.4 is 5.32 Å². The number of carbonyl (C=O) groups is 2. The van der Waals surface area contributed by atoms with Gasteiger partial charge in [-0.15, -0.1) is 0 Å². The Labute approximate surface area is 112 Å². The summed E-state index contributed by atoms with van der Waals surface area (Å²) in [6, 6.07) is 0.849. The molecule has 0 radical (unpaired) electrons. The first-order valence-corrected chi connectivity index (χ1v) is 5.82. The van der Waals surface area contributed by atoms with Gasteiger partial charge < -0.3 is 20.4 Å². The standard InChI is InChI=1S/C12H12F2N2O4/c13-8-2-1-6(3-9(8)14)15-12(20)16-5-7(17)4-10(16)11(18)19/h1-3,7,10,17H,4-5H2,(H,15,20)(H,18,19)/t7-,10+/m1/s1. The maximum atomic E-state index is 13.0. The van der Waals surface area contributed by atoms with E-state index in [0.717, 1.165) is 23.1 Å². The second kappa shape index (κ2) is 5.41. The number of aliphatic hydroxyl groups is 1. The van der Waals surface area contributed by atoms with Gasteiger partial charge in [0.25, 0.3) is 0 Å². The molecule has 0 spiro atoms. The predicted octanol–water partition coefficient (Wildman–Crippen LogP) is 1.02. The first-order valence-electron chi connectivity index (χ1n) is 5.82. The summed E-state index contributed by atoms with van der Waals surface area (Å²) >= 11 is 0. The number of nitrogens with zero attached hydrogens (tertiary/aromatic N) is 1. The molecule has 108 valence electrons. The Morgan fingerprint density at radius 1 is 1.30 bits per heavy atom. The summed E-state index contributed by atoms with van der Waals surface area (Å²) in [5.74, 6) is -3.41. The van der Waals surface area contributed by atoms with Gasteiger partial charge in [0.15, 0.2) is 11.6 Å². The maximum absolute atomic E-state index is 13.0. The van der Waals surface area contributed by atoms with Crippen LogP contribution in [0.25, 0.3) is 0 Å². The SMILES string of the molecule is O=C(O)[C@@H]1C[C@@H](O)CN1C(=O)Nc1ccc(F)c(F)c1. The molecule has 1 aromatic rings. The second-order valence-electron chi connectivity index (χ2n) is 4.45. The summed E-state index contributed by atoms with van der Waals surface area (Å²) in [5.41, 5.74) is -0.000529. The van der Waals surface area contributed by atoms with E-state index in [2.05, 4.69) is 5.32 Å². The van der Waals surface area contributed by atoms with E-state index in [0.29, 0.717) is 0 Å². The summed E-state index contributed by atoms with van der Waals surface area (Å²) in [6.45, 7) is -0.132. The van der Waals surface area contributed by atoms with E-state index in [1.54, 1.807) is 0 Å². The van der Waals surface area contributed by atoms with Crippen LogP contribution in [0.5, 0.6) is 0 Å². The van der Waals surface area contributed by atoms with Crippen LogP contribution >= 0.6 is 0 Å². The number of aliphatic hydroxyl groups excluding tert-OH is 1. The Balaban J connectivity index is 2.11. The molecule has 1 heterocycles. The fraction of sp³-hybridized carbons (Fsp3) is 0.333. The largest absolute Gasteiger partial charge is 0.480 e. The molecule has 2 rings (SSSR count). The lowest BCUT2D eigenvalue weighted by Crippen LogP contribution is -2.43. The molecule has 8 heteroatoms. The number of benzene rings is 1. The highest BCUT2D eigenvalue weighted by Gasteiger charge is 2.39. The topological polar surface area (TPSA) is 89.9 Å². The first kappa shape index (κ1) is 14.2. The molecule has 0 bridgehead atoms. The number of hydrogen-bond donors (Lipinski definition) is 3. The van der Waals surface area contributed by atoms with Gasteiger partial charge in [0, 0.05) is 24.7 Å². The highest BCUT2D eigenvalue weighted by molar-refractivity contribution is 5.92. The van der Waals surface area contributed by atoms with E-state index in [9.17, 15) is 23.5 Å². The van der Waals surface area contributed by atoms with Crippen molar-refractivity contribution in [3.63, 3.8) is 0 Å². The Morgan fingerprint density at radius 2 is 2.00 bits per heavy atom. The minimum atomic E-state index is -1.23. The lowest BCUT2D eigenvalue weighted by atomic mass is 10.2. The number of carboxylic acids is 1. The van der Waals surface area contributed by atoms with Gasteiger partial charge in [0.05, 0.1) is 6.10 Å². The Morgan fingerprint density at radius 3 is 2.60 bits per heavy atom. The molecule has 0 saturated carbocycles. The number of carbonyl (C=O) groups excluding carboxylic acids is 1. The van der Waals surface area contributed by atoms with Gasteiger partial charge in [-0.25, -0.2) is 18.4 Å². The zero-order valence-electron chi connectivity index (χ0n) is 10.2. The second-order valence-corrected chi connectivity index (χ2v) is 4.45. The zero-order chi connectivity index (χ0) is 14.9. The normalized spacial score (nSPS) is 21.9. The molecule has 0 aromatic heterocycles. The lowest BCUT2D eigenvalue weighted by Gasteiger charge is -2.21. The highest BCUT2D eigenvalue weighted by atomic mass is 19.2. The molecule has 1 fully saturated rings. The average molecular weight is 286 g/mol. The van der Waals surface area contributed by atoms with Gasteiger partial charge in [-0.1, -0.05) is 0 Å². The molecule has 20 heavy (non-hydrogen) atoms. The van der Waals surface area contributed by atoms with Gasteiger partial charge in [-0.3, -0.25) is 0 Å². The first-order chi connectivity index (χ1) is 9.38. The lowest BCUT2D eigenvalue weighted by molar-refractivity contribution is -0.141. The Hall–Kier alpha value is -2.22. The number of halogens is 2. The van der Waals surface area contributed by atoms with Gasteiger partial charge in [0.1, 0.15) is 6.04 Å². The van der Waals surface area contributed by atoms with Crippen molar-refractivity contribution >= 4 is 17.7 Å². The van der Waals surface area contributed by atoms with Crippen LogP contribution in [0.4, 0.5) is 19.3 Å². The number of hydrogen-bond acceptors (Lipinski definition) is 3. The van der Waals surface area contributed by atoms with Crippen LogP contribution in [0.2, 0.25) is 0 Å². The molecule has 1 aliphatic rings. The molecule has 2 amide bonds. The Kier molecular flexibility index (Phi) is 3.84. The Bertz CT molecular complexity index is 552. The van der Waals surface area contributed by atoms with E-state index in [1.165, 1.54) is 0 Å². The number of likely N-dealkylation sites (tertiary alicyclic amines) is 1. The van der Waals surface area contributed by atoms with Crippen LogP contribution in [0.1, 0.15) is 6.42 Å². The molecular formula is C12H12F2N2O4. The molecule has 1 saturated heterocycles. The summed E-state index contributed by atoms with van der Waals surface area (Å²) < 4.78 is 25.7. The van der Waals surface area contributed by atoms with Crippen molar-refractivity contribution in [3.8, 4) is 0 Å². The average Bonchev–Trinajstić information content (AvgIpc) is 2.76. The number of anilines is 1. The number of aliphatic carboxylic acids is 1. The molecule has 3 N–H and O–H groups in total. The number of nitrogens with one attached hydrogen (secondary N) is 1. The van der Waals surface area contributed by atoms with Crippen LogP contribution in [0.15, 0.2) is 18.2 Å². The fourth-order valence-electron chi connectivity index (χ4n) is 2.04. The van der Waals surface area contributed by atoms with Gasteiger partial charge in [0.2, 0.25) is 0 Å². The summed E-state index contributed by atoms with van der Waals surface area (Å²) in [4.78, 5) is 23.8. The van der Waals surface area contributed by atoms with E-state index >= 15 is 0 Å². The molecule has 6 nitrogen and oxygen atoms in total. The molecule has 1 aliphatic heterocycles. The maximum Gasteiger partial charge on any atom is 0.326 e. The number of rotatable bonds is 2. The number of β-amino-alcohol motifs (C(OH)–C–C–N with tert-alkyl or cyclic N) is 1. The molecular weight excluding hydrogens is 274 g/mol. The monoisotopic (exact) mass is 286 g/mol. The predicted molar refractivity (Wildman–Crippen MR) is 64.1 cm³/mol. The van der Waals surface area contributed by atoms with Gasteiger partial charge in [-0.2, -0.15) is 0 Å². The quantitative estimate of drug-likeness (QED) is 0.757. The van der Waals surface area contributed by atoms with E-state index < -0.39 is 35.8 Å². The smallest absolute Gasteiger partial charge is 0.326 e. The van der Waals surface area contributed by atoms with E-state index in [1.807, 2.05) is 0 Å². The van der Waals surface area contributed by atoms with Crippen LogP contribution in [0.3, 0.4) is 0 Å². The fourth-order valence-corrected chi connectivity index (χ4v) is 2.04. The molecule has 2 atom stereocenters. The third-order valence-corrected chi connectivity index (χ3v) is 3.00. The number of carboxylic acid groups (broad SMARTS) is 1. The van der Waals surface area contributed by atoms with Crippen molar-refractivity contribution in [3.05, 3.63) is 29.8 Å². The number of amides is 2. The van der Waals surface area contributed by atoms with Crippen molar-refractivity contribution in [1.29, 1.82) is 0 Å². The molecule has 0 aliphatic carbocycles. The van der Waals surface area contributed by atoms with Crippen molar-refractivity contribution in [2.24, 2.45) is 0 Å². The molecule has 0 unspecified atom stereocenters. The van der Waals surface area contributed by atoms with Crippen molar-refractivity contribution in [1.82, 2.24) is 4.90 Å². The summed E-state index contributed by atoms with van der Waals surface area (Å²) in [7, 11) is 0. The van der Waals surface area contributed by atoms with E-state index in [-0.39, 0.29) is 18.7 Å². The van der Waals surface area contributed by atoms with Gasteiger partial charge >= 0.3 is 12.0 Å². The van der Waals surface area contributed by atoms with Crippen LogP contribution in [-0.2, 0) is 4.79 Å². The third kappa shape index (κ3) is 2.85. The third-order valence-electron chi connectivity index (χ3n) is 3.00. The minimum absolute atomic E-state index is 0.000529. The van der Waals surface area contributed by atoms with E-state index in [4.69, 9.17) is 5.11 Å². The van der Waals surface area contributed by atoms with Crippen LogP contribution in [-0.4, -0.2) is 45.8 Å². The highest BCUT2D eigenvalue weighted by Crippen LogP contribution is 2.20.